The molecule has 2 aromatic rings. The molecule has 6 heteroatoms. The number of carbonyl (C=O) groups is 3. The van der Waals surface area contributed by atoms with E-state index in [0.29, 0.717) is 11.1 Å². The number of ether oxygens (including phenoxy) is 2. The molecule has 33 heavy (non-hydrogen) atoms. The Balaban J connectivity index is 0.000000383. The lowest BCUT2D eigenvalue weighted by Gasteiger charge is -2.19. The molecule has 0 heterocycles. The Labute approximate surface area is 196 Å². The fraction of sp³-hybridized carbons (Fsp3) is 0.444. The van der Waals surface area contributed by atoms with Crippen LogP contribution in [0.1, 0.15) is 81.3 Å². The van der Waals surface area contributed by atoms with Gasteiger partial charge in [0.2, 0.25) is 0 Å². The second kappa shape index (κ2) is 11.6. The number of benzene rings is 2. The molecule has 1 N–H and O–H groups in total. The first kappa shape index (κ1) is 27.9. The van der Waals surface area contributed by atoms with Crippen molar-refractivity contribution in [2.45, 2.75) is 74.3 Å². The number of carbonyl (C=O) groups excluding carboxylic acids is 2. The molecule has 0 unspecified atom stereocenters. The standard InChI is InChI=1S/C17H24O4.C10H12O2/c1-11-9-14(10-12(2)13(11)3)16(19)20-8-7-15(18)21-17(4,5)6;1-6-4-9(10(11)12)5-7(2)8(6)3/h9-10H,7-8H2,1-6H3;4-5H,1-3H3,(H,11,12). The molecule has 6 nitrogen and oxygen atoms in total. The van der Waals surface area contributed by atoms with Crippen LogP contribution in [-0.4, -0.2) is 35.2 Å². The number of carboxylic acid groups (broad SMARTS) is 1. The van der Waals surface area contributed by atoms with Gasteiger partial charge in [0, 0.05) is 0 Å². The molecular formula is C27H36O6. The summed E-state index contributed by atoms with van der Waals surface area (Å²) >= 11 is 0. The van der Waals surface area contributed by atoms with Crippen molar-refractivity contribution < 1.29 is 29.0 Å². The summed E-state index contributed by atoms with van der Waals surface area (Å²) in [5.74, 6) is -1.64. The lowest BCUT2D eigenvalue weighted by Crippen LogP contribution is -2.24. The predicted molar refractivity (Wildman–Crippen MR) is 129 cm³/mol. The van der Waals surface area contributed by atoms with E-state index in [1.807, 2.05) is 41.5 Å². The average Bonchev–Trinajstić information content (AvgIpc) is 2.68. The number of rotatable bonds is 5. The third-order valence-electron chi connectivity index (χ3n) is 5.30. The molecule has 0 radical (unpaired) electrons. The maximum atomic E-state index is 12.0. The number of carboxylic acids is 1. The van der Waals surface area contributed by atoms with Crippen LogP contribution in [0.2, 0.25) is 0 Å². The average molecular weight is 457 g/mol. The van der Waals surface area contributed by atoms with Gasteiger partial charge in [-0.1, -0.05) is 0 Å². The number of hydrogen-bond acceptors (Lipinski definition) is 5. The molecule has 0 aliphatic heterocycles. The summed E-state index contributed by atoms with van der Waals surface area (Å²) in [7, 11) is 0. The van der Waals surface area contributed by atoms with Gasteiger partial charge in [-0.25, -0.2) is 9.59 Å². The van der Waals surface area contributed by atoms with Gasteiger partial charge in [-0.2, -0.15) is 0 Å². The van der Waals surface area contributed by atoms with Crippen LogP contribution >= 0.6 is 0 Å². The Hall–Kier alpha value is -3.15. The molecule has 0 aliphatic rings. The van der Waals surface area contributed by atoms with Gasteiger partial charge < -0.3 is 14.6 Å². The first-order chi connectivity index (χ1) is 15.1. The second-order valence-corrected chi connectivity index (χ2v) is 9.25. The monoisotopic (exact) mass is 456 g/mol. The Bertz CT molecular complexity index is 981. The van der Waals surface area contributed by atoms with E-state index in [1.54, 1.807) is 45.0 Å². The molecule has 0 saturated carbocycles. The Morgan fingerprint density at radius 1 is 0.758 bits per heavy atom. The number of aromatic carboxylic acids is 1. The fourth-order valence-electron chi connectivity index (χ4n) is 3.02. The summed E-state index contributed by atoms with van der Waals surface area (Å²) < 4.78 is 10.3. The highest BCUT2D eigenvalue weighted by Gasteiger charge is 2.17. The summed E-state index contributed by atoms with van der Waals surface area (Å²) in [6.45, 7) is 17.2. The topological polar surface area (TPSA) is 89.9 Å². The lowest BCUT2D eigenvalue weighted by atomic mass is 10.0. The van der Waals surface area contributed by atoms with Gasteiger partial charge in [-0.15, -0.1) is 0 Å². The molecule has 2 aromatic carbocycles. The van der Waals surface area contributed by atoms with Crippen LogP contribution in [0.15, 0.2) is 24.3 Å². The molecule has 0 atom stereocenters. The van der Waals surface area contributed by atoms with Crippen molar-refractivity contribution in [3.05, 3.63) is 68.8 Å². The van der Waals surface area contributed by atoms with E-state index in [4.69, 9.17) is 14.6 Å². The Morgan fingerprint density at radius 3 is 1.52 bits per heavy atom. The molecule has 0 aliphatic carbocycles. The number of hydrogen-bond donors (Lipinski definition) is 1. The van der Waals surface area contributed by atoms with E-state index in [0.717, 1.165) is 22.3 Å². The molecule has 0 aromatic heterocycles. The highest BCUT2D eigenvalue weighted by molar-refractivity contribution is 5.90. The summed E-state index contributed by atoms with van der Waals surface area (Å²) in [5, 5.41) is 8.72. The minimum absolute atomic E-state index is 0.0275. The van der Waals surface area contributed by atoms with E-state index >= 15 is 0 Å². The highest BCUT2D eigenvalue weighted by Crippen LogP contribution is 2.17. The predicted octanol–water partition coefficient (Wildman–Crippen LogP) is 5.81. The van der Waals surface area contributed by atoms with Crippen LogP contribution in [-0.2, 0) is 14.3 Å². The molecule has 0 fully saturated rings. The molecule has 180 valence electrons. The van der Waals surface area contributed by atoms with Crippen molar-refractivity contribution >= 4 is 17.9 Å². The second-order valence-electron chi connectivity index (χ2n) is 9.25. The largest absolute Gasteiger partial charge is 0.478 e. The summed E-state index contributed by atoms with van der Waals surface area (Å²) in [4.78, 5) is 34.1. The van der Waals surface area contributed by atoms with Crippen molar-refractivity contribution in [3.8, 4) is 0 Å². The maximum absolute atomic E-state index is 12.0. The normalized spacial score (nSPS) is 10.7. The molecule has 0 spiro atoms. The van der Waals surface area contributed by atoms with E-state index in [9.17, 15) is 14.4 Å². The van der Waals surface area contributed by atoms with Crippen LogP contribution in [0.3, 0.4) is 0 Å². The minimum atomic E-state index is -0.860. The maximum Gasteiger partial charge on any atom is 0.338 e. The summed E-state index contributed by atoms with van der Waals surface area (Å²) in [6, 6.07) is 7.01. The molecule has 2 rings (SSSR count). The third-order valence-corrected chi connectivity index (χ3v) is 5.30. The van der Waals surface area contributed by atoms with E-state index in [1.165, 1.54) is 11.1 Å². The van der Waals surface area contributed by atoms with Crippen LogP contribution in [0.5, 0.6) is 0 Å². The molecular weight excluding hydrogens is 420 g/mol. The smallest absolute Gasteiger partial charge is 0.338 e. The van der Waals surface area contributed by atoms with E-state index in [-0.39, 0.29) is 19.0 Å². The molecule has 0 saturated heterocycles. The fourth-order valence-corrected chi connectivity index (χ4v) is 3.02. The third kappa shape index (κ3) is 9.08. The SMILES string of the molecule is Cc1cc(C(=O)O)cc(C)c1C.Cc1cc(C(=O)OCCC(=O)OC(C)(C)C)cc(C)c1C. The van der Waals surface area contributed by atoms with Gasteiger partial charge in [0.05, 0.1) is 17.5 Å². The van der Waals surface area contributed by atoms with Crippen LogP contribution in [0, 0.1) is 41.5 Å². The first-order valence-electron chi connectivity index (χ1n) is 10.9. The molecule has 0 bridgehead atoms. The van der Waals surface area contributed by atoms with Crippen molar-refractivity contribution in [2.24, 2.45) is 0 Å². The van der Waals surface area contributed by atoms with E-state index < -0.39 is 17.5 Å². The van der Waals surface area contributed by atoms with Crippen LogP contribution in [0.25, 0.3) is 0 Å². The zero-order chi connectivity index (χ0) is 25.5. The summed E-state index contributed by atoms with van der Waals surface area (Å²) in [5.41, 5.74) is 6.87. The van der Waals surface area contributed by atoms with Gasteiger partial charge in [-0.3, -0.25) is 4.79 Å². The first-order valence-corrected chi connectivity index (χ1v) is 10.9. The van der Waals surface area contributed by atoms with Gasteiger partial charge >= 0.3 is 17.9 Å². The zero-order valence-electron chi connectivity index (χ0n) is 21.2. The lowest BCUT2D eigenvalue weighted by molar-refractivity contribution is -0.155. The van der Waals surface area contributed by atoms with E-state index in [2.05, 4.69) is 0 Å². The van der Waals surface area contributed by atoms with Crippen LogP contribution < -0.4 is 0 Å². The quantitative estimate of drug-likeness (QED) is 0.571. The van der Waals surface area contributed by atoms with Gasteiger partial charge in [0.1, 0.15) is 12.2 Å². The number of aryl methyl sites for hydroxylation is 4. The highest BCUT2D eigenvalue weighted by atomic mass is 16.6. The van der Waals surface area contributed by atoms with Gasteiger partial charge in [-0.05, 0) is 120 Å². The van der Waals surface area contributed by atoms with Crippen molar-refractivity contribution in [1.29, 1.82) is 0 Å². The van der Waals surface area contributed by atoms with Crippen molar-refractivity contribution in [2.75, 3.05) is 6.61 Å². The van der Waals surface area contributed by atoms with Gasteiger partial charge in [0.25, 0.3) is 0 Å². The number of esters is 2. The van der Waals surface area contributed by atoms with Crippen molar-refractivity contribution in [3.63, 3.8) is 0 Å². The van der Waals surface area contributed by atoms with Crippen LogP contribution in [0.4, 0.5) is 0 Å². The molecule has 0 amide bonds. The summed E-state index contributed by atoms with van der Waals surface area (Å²) in [6.07, 6.45) is 0.0623. The van der Waals surface area contributed by atoms with Crippen molar-refractivity contribution in [1.82, 2.24) is 0 Å². The van der Waals surface area contributed by atoms with Gasteiger partial charge in [0.15, 0.2) is 0 Å². The minimum Gasteiger partial charge on any atom is -0.478 e. The zero-order valence-corrected chi connectivity index (χ0v) is 21.2. The Morgan fingerprint density at radius 2 is 1.15 bits per heavy atom. The Kier molecular flexibility index (Phi) is 9.83.